The molecule has 0 aromatic rings. The second-order valence-electron chi connectivity index (χ2n) is 5.37. The molecule has 0 rings (SSSR count). The van der Waals surface area contributed by atoms with Gasteiger partial charge in [0, 0.05) is 12.1 Å². The van der Waals surface area contributed by atoms with Gasteiger partial charge in [-0.2, -0.15) is 4.99 Å². The molecule has 0 radical (unpaired) electrons. The van der Waals surface area contributed by atoms with Crippen molar-refractivity contribution in [2.24, 2.45) is 9.98 Å². The van der Waals surface area contributed by atoms with Crippen molar-refractivity contribution >= 4 is 23.3 Å². The van der Waals surface area contributed by atoms with Crippen LogP contribution in [0.3, 0.4) is 0 Å². The molecule has 0 aliphatic heterocycles. The van der Waals surface area contributed by atoms with Gasteiger partial charge in [-0.25, -0.2) is 4.99 Å². The molecule has 0 unspecified atom stereocenters. The maximum atomic E-state index is 5.25. The summed E-state index contributed by atoms with van der Waals surface area (Å²) in [5.74, 6) is 0. The smallest absolute Gasteiger partial charge is 0.206 e. The zero-order valence-corrected chi connectivity index (χ0v) is 12.2. The Balaban J connectivity index is 4.74. The van der Waals surface area contributed by atoms with Gasteiger partial charge in [-0.3, -0.25) is 0 Å². The molecule has 0 saturated heterocycles. The fourth-order valence-electron chi connectivity index (χ4n) is 1.31. The van der Waals surface area contributed by atoms with E-state index in [1.54, 1.807) is 0 Å². The van der Waals surface area contributed by atoms with Crippen LogP contribution < -0.4 is 0 Å². The molecule has 0 N–H and O–H groups in total. The molecule has 0 aliphatic carbocycles. The average Bonchev–Trinajstić information content (AvgIpc) is 1.99. The Kier molecular flexibility index (Phi) is 5.84. The Bertz CT molecular complexity index is 286. The lowest BCUT2D eigenvalue weighted by Gasteiger charge is -2.30. The van der Waals surface area contributed by atoms with Gasteiger partial charge in [-0.05, 0) is 60.7 Å². The lowest BCUT2D eigenvalue weighted by atomic mass is 10.1. The number of hydrogen-bond donors (Lipinski definition) is 0. The molecule has 92 valence electrons. The SMILES string of the molecule is CC(C)N(C(=S)N=C=NC(C)(C)C)C(C)C. The van der Waals surface area contributed by atoms with Crippen LogP contribution in [0.25, 0.3) is 0 Å². The van der Waals surface area contributed by atoms with Gasteiger partial charge in [-0.1, -0.05) is 0 Å². The summed E-state index contributed by atoms with van der Waals surface area (Å²) in [6.45, 7) is 14.4. The van der Waals surface area contributed by atoms with Gasteiger partial charge >= 0.3 is 0 Å². The highest BCUT2D eigenvalue weighted by Crippen LogP contribution is 2.08. The zero-order chi connectivity index (χ0) is 12.9. The summed E-state index contributed by atoms with van der Waals surface area (Å²) in [4.78, 5) is 10.3. The first-order chi connectivity index (χ1) is 7.15. The molecule has 0 amide bonds. The van der Waals surface area contributed by atoms with Crippen molar-refractivity contribution in [3.05, 3.63) is 0 Å². The minimum atomic E-state index is -0.153. The van der Waals surface area contributed by atoms with Crippen molar-refractivity contribution in [2.75, 3.05) is 0 Å². The molecule has 0 aromatic carbocycles. The molecule has 0 atom stereocenters. The van der Waals surface area contributed by atoms with E-state index in [1.807, 2.05) is 20.8 Å². The van der Waals surface area contributed by atoms with Gasteiger partial charge < -0.3 is 4.90 Å². The fourth-order valence-corrected chi connectivity index (χ4v) is 1.78. The van der Waals surface area contributed by atoms with Crippen LogP contribution in [0.5, 0.6) is 0 Å². The Labute approximate surface area is 105 Å². The molecular weight excluding hydrogens is 218 g/mol. The highest BCUT2D eigenvalue weighted by Gasteiger charge is 2.15. The number of nitrogens with zero attached hydrogens (tertiary/aromatic N) is 3. The minimum Gasteiger partial charge on any atom is -0.342 e. The summed E-state index contributed by atoms with van der Waals surface area (Å²) >= 11 is 5.25. The second kappa shape index (κ2) is 6.12. The Hall–Kier alpha value is -0.730. The summed E-state index contributed by atoms with van der Waals surface area (Å²) in [6, 6.07) is 3.36. The largest absolute Gasteiger partial charge is 0.342 e. The lowest BCUT2D eigenvalue weighted by Crippen LogP contribution is -2.40. The molecule has 0 aromatic heterocycles. The third-order valence-electron chi connectivity index (χ3n) is 1.86. The Morgan fingerprint density at radius 2 is 1.56 bits per heavy atom. The third kappa shape index (κ3) is 5.99. The standard InChI is InChI=1S/C12H23N3S/c1-9(2)15(10(3)4)11(16)13-8-14-12(5,6)7/h9-10H,1-7H3. The lowest BCUT2D eigenvalue weighted by molar-refractivity contribution is 0.295. The van der Waals surface area contributed by atoms with E-state index in [9.17, 15) is 0 Å². The van der Waals surface area contributed by atoms with E-state index in [4.69, 9.17) is 12.2 Å². The normalized spacial score (nSPS) is 11.3. The first-order valence-electron chi connectivity index (χ1n) is 5.65. The summed E-state index contributed by atoms with van der Waals surface area (Å²) in [5, 5.41) is 0.554. The van der Waals surface area contributed by atoms with Crippen molar-refractivity contribution in [2.45, 2.75) is 66.1 Å². The van der Waals surface area contributed by atoms with E-state index in [0.29, 0.717) is 17.2 Å². The van der Waals surface area contributed by atoms with Crippen LogP contribution in [0.2, 0.25) is 0 Å². The highest BCUT2D eigenvalue weighted by molar-refractivity contribution is 7.80. The minimum absolute atomic E-state index is 0.153. The molecule has 0 fully saturated rings. The van der Waals surface area contributed by atoms with E-state index in [2.05, 4.69) is 48.6 Å². The second-order valence-corrected chi connectivity index (χ2v) is 5.74. The van der Waals surface area contributed by atoms with Gasteiger partial charge in [0.1, 0.15) is 0 Å². The maximum absolute atomic E-state index is 5.25. The summed E-state index contributed by atoms with van der Waals surface area (Å²) in [6.07, 6.45) is 0. The van der Waals surface area contributed by atoms with E-state index < -0.39 is 0 Å². The Morgan fingerprint density at radius 3 is 1.88 bits per heavy atom. The van der Waals surface area contributed by atoms with Crippen LogP contribution in [0, 0.1) is 0 Å². The van der Waals surface area contributed by atoms with Crippen LogP contribution in [-0.4, -0.2) is 33.6 Å². The molecule has 0 bridgehead atoms. The van der Waals surface area contributed by atoms with Gasteiger partial charge in [0.25, 0.3) is 0 Å². The summed E-state index contributed by atoms with van der Waals surface area (Å²) in [5.41, 5.74) is -0.153. The topological polar surface area (TPSA) is 28.0 Å². The number of rotatable bonds is 2. The molecule has 4 heteroatoms. The number of thiocarbonyl (C=S) groups is 1. The van der Waals surface area contributed by atoms with Crippen LogP contribution in [-0.2, 0) is 0 Å². The van der Waals surface area contributed by atoms with Crippen molar-refractivity contribution in [1.82, 2.24) is 4.90 Å². The monoisotopic (exact) mass is 241 g/mol. The quantitative estimate of drug-likeness (QED) is 0.548. The first kappa shape index (κ1) is 15.3. The first-order valence-corrected chi connectivity index (χ1v) is 6.06. The molecule has 0 heterocycles. The maximum Gasteiger partial charge on any atom is 0.206 e. The molecule has 16 heavy (non-hydrogen) atoms. The molecule has 0 aliphatic rings. The number of hydrogen-bond acceptors (Lipinski definition) is 2. The van der Waals surface area contributed by atoms with Crippen LogP contribution in [0.15, 0.2) is 9.98 Å². The summed E-state index contributed by atoms with van der Waals surface area (Å²) < 4.78 is 0. The predicted molar refractivity (Wildman–Crippen MR) is 74.3 cm³/mol. The van der Waals surface area contributed by atoms with E-state index in [0.717, 1.165) is 0 Å². The van der Waals surface area contributed by atoms with Crippen LogP contribution in [0.1, 0.15) is 48.5 Å². The third-order valence-corrected chi connectivity index (χ3v) is 2.17. The van der Waals surface area contributed by atoms with Crippen LogP contribution in [0.4, 0.5) is 0 Å². The van der Waals surface area contributed by atoms with Gasteiger partial charge in [0.15, 0.2) is 0 Å². The van der Waals surface area contributed by atoms with Crippen molar-refractivity contribution in [3.8, 4) is 0 Å². The van der Waals surface area contributed by atoms with E-state index >= 15 is 0 Å². The van der Waals surface area contributed by atoms with Crippen LogP contribution >= 0.6 is 12.2 Å². The van der Waals surface area contributed by atoms with Gasteiger partial charge in [0.2, 0.25) is 5.11 Å². The molecule has 0 saturated carbocycles. The van der Waals surface area contributed by atoms with Gasteiger partial charge in [0.05, 0.1) is 11.5 Å². The van der Waals surface area contributed by atoms with E-state index in [-0.39, 0.29) is 5.54 Å². The molecule has 0 spiro atoms. The highest BCUT2D eigenvalue weighted by atomic mass is 32.1. The van der Waals surface area contributed by atoms with Gasteiger partial charge in [-0.15, -0.1) is 0 Å². The van der Waals surface area contributed by atoms with E-state index in [1.165, 1.54) is 0 Å². The Morgan fingerprint density at radius 1 is 1.12 bits per heavy atom. The number of aliphatic imine (C=N–C) groups is 2. The summed E-state index contributed by atoms with van der Waals surface area (Å²) in [7, 11) is 0. The van der Waals surface area contributed by atoms with Crippen molar-refractivity contribution in [3.63, 3.8) is 0 Å². The molecular formula is C12H23N3S. The predicted octanol–water partition coefficient (Wildman–Crippen LogP) is 3.36. The average molecular weight is 241 g/mol. The fraction of sp³-hybridized carbons (Fsp3) is 0.833. The zero-order valence-electron chi connectivity index (χ0n) is 11.4. The van der Waals surface area contributed by atoms with Crippen molar-refractivity contribution in [1.29, 1.82) is 0 Å². The van der Waals surface area contributed by atoms with Crippen molar-refractivity contribution < 1.29 is 0 Å². The molecule has 3 nitrogen and oxygen atoms in total.